The van der Waals surface area contributed by atoms with Crippen LogP contribution in [0.5, 0.6) is 0 Å². The van der Waals surface area contributed by atoms with Crippen LogP contribution in [0.25, 0.3) is 273 Å². The number of hydrogen-bond acceptors (Lipinski definition) is 11. The molecule has 28 aromatic rings. The summed E-state index contributed by atoms with van der Waals surface area (Å²) < 4.78 is 7.89. The zero-order chi connectivity index (χ0) is 98.9. The van der Waals surface area contributed by atoms with Crippen molar-refractivity contribution in [2.75, 3.05) is 0 Å². The molecule has 0 atom stereocenters. The molecule has 0 fully saturated rings. The Kier molecular flexibility index (Phi) is 24.2. The van der Waals surface area contributed by atoms with E-state index in [4.69, 9.17) is 34.9 Å². The second kappa shape index (κ2) is 40.0. The zero-order valence-corrected chi connectivity index (χ0v) is 83.1. The van der Waals surface area contributed by atoms with Gasteiger partial charge in [-0.05, 0) is 214 Å². The topological polar surface area (TPSA) is 103 Å². The summed E-state index contributed by atoms with van der Waals surface area (Å²) in [6, 6.07) is 186. The standard InChI is InChI=1S/C48H30N2S.2C45H29N3S/c1-2-10-35(11-3-1)48-49-44(33-22-18-31(19-23-33)36-26-27-47-43(28-36)41-16-8-9-17-46(41)51-47)30-45(50-48)34-24-20-32(21-25-34)42-29-37-12-4-5-13-38(37)39-14-6-7-15-40(39)42;1-3-11-30(12-4-1)35-25-36(31-13-5-2-6-14-31)27-37(26-35)45-47-41(29-42(48-45)40-16-9-10-24-46-40)33-20-18-32(19-21-33)34-22-23-44-39(28-34)38-15-7-8-17-43(38)49-44;1-3-9-30(10-4-1)32-15-21-35(22-16-32)43-46-44(36-23-17-33(18-24-36)31-11-5-2-6-12-31)48-45(47-43)37-25-19-34(20-26-37)38-27-28-42-40(29-38)39-13-7-8-14-41(39)49-42/h1-30H;2*1-29H. The lowest BCUT2D eigenvalue weighted by atomic mass is 9.93. The van der Waals surface area contributed by atoms with Gasteiger partial charge in [0.15, 0.2) is 29.1 Å². The van der Waals surface area contributed by atoms with Crippen LogP contribution >= 0.6 is 34.0 Å². The summed E-state index contributed by atoms with van der Waals surface area (Å²) in [5, 5.41) is 12.9. The lowest BCUT2D eigenvalue weighted by Crippen LogP contribution is -2.00. The molecule has 0 spiro atoms. The van der Waals surface area contributed by atoms with Crippen LogP contribution in [-0.4, -0.2) is 39.9 Å². The monoisotopic (exact) mass is 1950 g/mol. The van der Waals surface area contributed by atoms with Crippen molar-refractivity contribution < 1.29 is 0 Å². The maximum atomic E-state index is 5.20. The molecule has 0 unspecified atom stereocenters. The van der Waals surface area contributed by atoms with Crippen LogP contribution < -0.4 is 0 Å². The van der Waals surface area contributed by atoms with Gasteiger partial charge in [-0.25, -0.2) is 34.9 Å². The number of thiophene rings is 3. The average Bonchev–Trinajstić information content (AvgIpc) is 1.06. The van der Waals surface area contributed by atoms with Gasteiger partial charge in [0.05, 0.1) is 28.5 Å². The minimum Gasteiger partial charge on any atom is -0.255 e. The summed E-state index contributed by atoms with van der Waals surface area (Å²) >= 11 is 5.53. The highest BCUT2D eigenvalue weighted by atomic mass is 32.1. The molecular weight excluding hydrogens is 1870 g/mol. The second-order valence-corrected chi connectivity index (χ2v) is 40.4. The van der Waals surface area contributed by atoms with Crippen LogP contribution in [0.2, 0.25) is 0 Å². The lowest BCUT2D eigenvalue weighted by molar-refractivity contribution is 1.07. The average molecular weight is 1950 g/mol. The quantitative estimate of drug-likeness (QED) is 0.0831. The highest BCUT2D eigenvalue weighted by Crippen LogP contribution is 2.45. The molecule has 28 rings (SSSR count). The molecular formula is C138H88N8S3. The number of rotatable bonds is 17. The van der Waals surface area contributed by atoms with E-state index >= 15 is 0 Å². The van der Waals surface area contributed by atoms with E-state index in [9.17, 15) is 0 Å². The number of pyridine rings is 1. The molecule has 0 aliphatic rings. The van der Waals surface area contributed by atoms with Gasteiger partial charge < -0.3 is 0 Å². The van der Waals surface area contributed by atoms with E-state index < -0.39 is 0 Å². The van der Waals surface area contributed by atoms with E-state index in [1.54, 1.807) is 0 Å². The number of benzene rings is 21. The Hall–Kier alpha value is -18.9. The Bertz CT molecular complexity index is 9660. The van der Waals surface area contributed by atoms with Crippen molar-refractivity contribution >= 4 is 116 Å². The number of fused-ring (bicyclic) bond motifs is 12. The first kappa shape index (κ1) is 90.2. The predicted octanol–water partition coefficient (Wildman–Crippen LogP) is 38.0. The van der Waals surface area contributed by atoms with Crippen LogP contribution in [0.15, 0.2) is 534 Å². The van der Waals surface area contributed by atoms with Crippen molar-refractivity contribution in [3.8, 4) is 191 Å². The Morgan fingerprint density at radius 3 is 0.765 bits per heavy atom. The summed E-state index contributed by atoms with van der Waals surface area (Å²) in [5.41, 5.74) is 30.9. The molecule has 0 bridgehead atoms. The number of nitrogens with zero attached hydrogens (tertiary/aromatic N) is 8. The normalized spacial score (nSPS) is 11.4. The maximum Gasteiger partial charge on any atom is 0.164 e. The lowest BCUT2D eigenvalue weighted by Gasteiger charge is -2.13. The van der Waals surface area contributed by atoms with E-state index in [0.717, 1.165) is 112 Å². The van der Waals surface area contributed by atoms with Gasteiger partial charge in [0.1, 0.15) is 0 Å². The summed E-state index contributed by atoms with van der Waals surface area (Å²) in [4.78, 5) is 40.2. The van der Waals surface area contributed by atoms with Gasteiger partial charge in [0, 0.05) is 111 Å². The van der Waals surface area contributed by atoms with E-state index in [2.05, 4.69) is 466 Å². The Labute approximate surface area is 874 Å². The molecule has 8 nitrogen and oxygen atoms in total. The predicted molar refractivity (Wildman–Crippen MR) is 628 cm³/mol. The minimum absolute atomic E-state index is 0.644. The van der Waals surface area contributed by atoms with Crippen molar-refractivity contribution in [2.45, 2.75) is 0 Å². The fourth-order valence-corrected chi connectivity index (χ4v) is 23.4. The van der Waals surface area contributed by atoms with Crippen molar-refractivity contribution in [3.05, 3.63) is 534 Å². The van der Waals surface area contributed by atoms with E-state index in [-0.39, 0.29) is 0 Å². The third-order valence-corrected chi connectivity index (χ3v) is 31.3. The van der Waals surface area contributed by atoms with E-state index in [1.165, 1.54) is 132 Å². The smallest absolute Gasteiger partial charge is 0.164 e. The van der Waals surface area contributed by atoms with Gasteiger partial charge in [-0.3, -0.25) is 4.98 Å². The van der Waals surface area contributed by atoms with Crippen LogP contribution in [0.1, 0.15) is 0 Å². The van der Waals surface area contributed by atoms with E-state index in [1.807, 2.05) is 107 Å². The molecule has 698 valence electrons. The number of hydrogen-bond donors (Lipinski definition) is 0. The molecule has 0 N–H and O–H groups in total. The number of aromatic nitrogens is 8. The highest BCUT2D eigenvalue weighted by Gasteiger charge is 2.22. The summed E-state index contributed by atoms with van der Waals surface area (Å²) in [6.07, 6.45) is 1.81. The van der Waals surface area contributed by atoms with Crippen molar-refractivity contribution in [3.63, 3.8) is 0 Å². The summed E-state index contributed by atoms with van der Waals surface area (Å²) in [6.45, 7) is 0. The van der Waals surface area contributed by atoms with Gasteiger partial charge in [0.25, 0.3) is 0 Å². The summed E-state index contributed by atoms with van der Waals surface area (Å²) in [7, 11) is 0. The zero-order valence-electron chi connectivity index (χ0n) is 80.6. The van der Waals surface area contributed by atoms with Gasteiger partial charge in [-0.2, -0.15) is 0 Å². The molecule has 0 saturated carbocycles. The third-order valence-electron chi connectivity index (χ3n) is 27.8. The van der Waals surface area contributed by atoms with E-state index in [0.29, 0.717) is 29.1 Å². The van der Waals surface area contributed by atoms with Crippen molar-refractivity contribution in [1.82, 2.24) is 39.9 Å². The van der Waals surface area contributed by atoms with Crippen molar-refractivity contribution in [2.24, 2.45) is 0 Å². The van der Waals surface area contributed by atoms with Crippen LogP contribution in [0.4, 0.5) is 0 Å². The van der Waals surface area contributed by atoms with Crippen molar-refractivity contribution in [1.29, 1.82) is 0 Å². The molecule has 21 aromatic carbocycles. The van der Waals surface area contributed by atoms with Crippen LogP contribution in [0, 0.1) is 0 Å². The fourth-order valence-electron chi connectivity index (χ4n) is 20.1. The highest BCUT2D eigenvalue weighted by molar-refractivity contribution is 7.26. The SMILES string of the molecule is c1ccc(-c2cc(-c3ccccc3)cc(-c3nc(-c4ccc(-c5ccc6sc7ccccc7c6c5)cc4)cc(-c4ccccn4)n3)c2)cc1.c1ccc(-c2ccc(-c3nc(-c4ccc(-c5ccccc5)cc4)nc(-c4ccc(-c5ccc6sc7ccccc7c6c5)cc4)n3)cc2)cc1.c1ccc(-c2nc(-c3ccc(-c4ccc5sc6ccccc6c5c4)cc3)cc(-c3ccc(-c4cc5ccccc5c5ccccc45)cc3)n2)cc1. The molecule has 149 heavy (non-hydrogen) atoms. The van der Waals surface area contributed by atoms with Crippen LogP contribution in [0.3, 0.4) is 0 Å². The second-order valence-electron chi connectivity index (χ2n) is 37.2. The molecule has 0 radical (unpaired) electrons. The first-order valence-corrected chi connectivity index (χ1v) is 52.4. The van der Waals surface area contributed by atoms with Gasteiger partial charge in [0.2, 0.25) is 0 Å². The van der Waals surface area contributed by atoms with Gasteiger partial charge >= 0.3 is 0 Å². The van der Waals surface area contributed by atoms with Gasteiger partial charge in [-0.15, -0.1) is 34.0 Å². The molecule has 11 heteroatoms. The first-order chi connectivity index (χ1) is 73.7. The molecule has 7 heterocycles. The molecule has 7 aromatic heterocycles. The Morgan fingerprint density at radius 2 is 0.376 bits per heavy atom. The van der Waals surface area contributed by atoms with Crippen LogP contribution in [-0.2, 0) is 0 Å². The molecule has 0 aliphatic heterocycles. The van der Waals surface area contributed by atoms with Gasteiger partial charge in [-0.1, -0.05) is 425 Å². The maximum absolute atomic E-state index is 5.20. The Balaban J connectivity index is 0.000000113. The fraction of sp³-hybridized carbons (Fsp3) is 0. The Morgan fingerprint density at radius 1 is 0.121 bits per heavy atom. The summed E-state index contributed by atoms with van der Waals surface area (Å²) in [5.74, 6) is 3.31. The third kappa shape index (κ3) is 18.6. The minimum atomic E-state index is 0.644. The largest absolute Gasteiger partial charge is 0.255 e. The molecule has 0 aliphatic carbocycles. The molecule has 0 saturated heterocycles. The first-order valence-electron chi connectivity index (χ1n) is 49.9. The molecule has 0 amide bonds.